The second kappa shape index (κ2) is 7.42. The standard InChI is InChI=1S/C19H33NO4/c1-12(2)14(21)11-15(22)17-16(13-9-7-6-8-10-13)20(17)18(23)24-19(3,4)5/h12-13,15-17,22H,6-11H2,1-5H3/t15-,16-,17-,20?/m1/s1. The molecule has 5 heteroatoms. The van der Waals surface area contributed by atoms with E-state index in [0.29, 0.717) is 5.92 Å². The highest BCUT2D eigenvalue weighted by molar-refractivity contribution is 5.81. The van der Waals surface area contributed by atoms with Gasteiger partial charge in [0, 0.05) is 12.3 Å². The summed E-state index contributed by atoms with van der Waals surface area (Å²) in [5, 5.41) is 10.6. The first-order chi connectivity index (χ1) is 11.1. The van der Waals surface area contributed by atoms with E-state index >= 15 is 0 Å². The van der Waals surface area contributed by atoms with E-state index in [9.17, 15) is 14.7 Å². The molecule has 2 rings (SSSR count). The van der Waals surface area contributed by atoms with Crippen LogP contribution in [-0.4, -0.2) is 45.7 Å². The lowest BCUT2D eigenvalue weighted by Gasteiger charge is -2.23. The summed E-state index contributed by atoms with van der Waals surface area (Å²) in [4.78, 5) is 26.2. The van der Waals surface area contributed by atoms with Gasteiger partial charge in [0.25, 0.3) is 0 Å². The Hall–Kier alpha value is -1.10. The number of hydrogen-bond donors (Lipinski definition) is 1. The Morgan fingerprint density at radius 2 is 1.75 bits per heavy atom. The number of aliphatic hydroxyl groups is 1. The van der Waals surface area contributed by atoms with E-state index < -0.39 is 11.7 Å². The minimum absolute atomic E-state index is 0.0233. The van der Waals surface area contributed by atoms with Crippen molar-refractivity contribution in [2.45, 2.75) is 96.9 Å². The van der Waals surface area contributed by atoms with Gasteiger partial charge in [-0.25, -0.2) is 4.79 Å². The van der Waals surface area contributed by atoms with Crippen LogP contribution in [0, 0.1) is 11.8 Å². The van der Waals surface area contributed by atoms with Crippen molar-refractivity contribution in [1.82, 2.24) is 4.90 Å². The highest BCUT2D eigenvalue weighted by Crippen LogP contribution is 2.44. The summed E-state index contributed by atoms with van der Waals surface area (Å²) in [5.74, 6) is 0.363. The third-order valence-corrected chi connectivity index (χ3v) is 5.09. The normalized spacial score (nSPS) is 26.4. The molecular formula is C19H33NO4. The summed E-state index contributed by atoms with van der Waals surface area (Å²) in [5.41, 5.74) is -0.556. The molecule has 1 N–H and O–H groups in total. The summed E-state index contributed by atoms with van der Waals surface area (Å²) < 4.78 is 5.51. The maximum Gasteiger partial charge on any atom is 0.411 e. The van der Waals surface area contributed by atoms with Crippen LogP contribution >= 0.6 is 0 Å². The monoisotopic (exact) mass is 339 g/mol. The number of ketones is 1. The number of carbonyl (C=O) groups excluding carboxylic acids is 2. The number of amides is 1. The van der Waals surface area contributed by atoms with E-state index in [-0.39, 0.29) is 36.3 Å². The Bertz CT molecular complexity index is 462. The molecule has 1 aliphatic heterocycles. The van der Waals surface area contributed by atoms with Gasteiger partial charge >= 0.3 is 6.09 Å². The zero-order valence-corrected chi connectivity index (χ0v) is 15.7. The Morgan fingerprint density at radius 1 is 1.17 bits per heavy atom. The van der Waals surface area contributed by atoms with Crippen LogP contribution in [0.5, 0.6) is 0 Å². The molecule has 1 saturated carbocycles. The number of aliphatic hydroxyl groups excluding tert-OH is 1. The Balaban J connectivity index is 2.06. The largest absolute Gasteiger partial charge is 0.444 e. The molecule has 0 unspecified atom stereocenters. The van der Waals surface area contributed by atoms with E-state index in [1.165, 1.54) is 19.3 Å². The van der Waals surface area contributed by atoms with Crippen molar-refractivity contribution in [2.24, 2.45) is 11.8 Å². The second-order valence-corrected chi connectivity index (χ2v) is 8.66. The number of nitrogens with zero attached hydrogens (tertiary/aromatic N) is 1. The molecular weight excluding hydrogens is 306 g/mol. The average molecular weight is 339 g/mol. The highest BCUT2D eigenvalue weighted by Gasteiger charge is 2.59. The van der Waals surface area contributed by atoms with E-state index in [0.717, 1.165) is 12.8 Å². The molecule has 1 amide bonds. The zero-order chi connectivity index (χ0) is 18.1. The molecule has 1 saturated heterocycles. The molecule has 24 heavy (non-hydrogen) atoms. The number of carbonyl (C=O) groups is 2. The lowest BCUT2D eigenvalue weighted by Crippen LogP contribution is -2.31. The van der Waals surface area contributed by atoms with Crippen LogP contribution in [0.25, 0.3) is 0 Å². The van der Waals surface area contributed by atoms with Gasteiger partial charge in [0.2, 0.25) is 0 Å². The Kier molecular flexibility index (Phi) is 5.95. The molecule has 3 atom stereocenters. The predicted octanol–water partition coefficient (Wildman–Crippen LogP) is 3.53. The molecule has 0 aromatic carbocycles. The highest BCUT2D eigenvalue weighted by atomic mass is 16.6. The molecule has 0 bridgehead atoms. The zero-order valence-electron chi connectivity index (χ0n) is 15.7. The van der Waals surface area contributed by atoms with Gasteiger partial charge in [-0.2, -0.15) is 0 Å². The van der Waals surface area contributed by atoms with Crippen molar-refractivity contribution in [1.29, 1.82) is 0 Å². The smallest absolute Gasteiger partial charge is 0.411 e. The molecule has 1 heterocycles. The fourth-order valence-electron chi connectivity index (χ4n) is 3.78. The van der Waals surface area contributed by atoms with E-state index in [4.69, 9.17) is 4.74 Å². The van der Waals surface area contributed by atoms with Gasteiger partial charge in [-0.05, 0) is 39.5 Å². The summed E-state index contributed by atoms with van der Waals surface area (Å²) >= 11 is 0. The number of ether oxygens (including phenoxy) is 1. The molecule has 0 spiro atoms. The number of rotatable bonds is 5. The van der Waals surface area contributed by atoms with Gasteiger partial charge in [0.15, 0.2) is 0 Å². The summed E-state index contributed by atoms with van der Waals surface area (Å²) in [6.07, 6.45) is 4.74. The van der Waals surface area contributed by atoms with Crippen LogP contribution in [0.4, 0.5) is 4.79 Å². The van der Waals surface area contributed by atoms with Crippen molar-refractivity contribution < 1.29 is 19.4 Å². The van der Waals surface area contributed by atoms with Crippen molar-refractivity contribution in [3.8, 4) is 0 Å². The first-order valence-electron chi connectivity index (χ1n) is 9.34. The average Bonchev–Trinajstić information content (AvgIpc) is 3.22. The summed E-state index contributed by atoms with van der Waals surface area (Å²) in [6.45, 7) is 9.21. The molecule has 138 valence electrons. The third-order valence-electron chi connectivity index (χ3n) is 5.09. The van der Waals surface area contributed by atoms with Gasteiger partial charge in [-0.3, -0.25) is 9.69 Å². The van der Waals surface area contributed by atoms with Crippen molar-refractivity contribution in [3.63, 3.8) is 0 Å². The molecule has 5 nitrogen and oxygen atoms in total. The Morgan fingerprint density at radius 3 is 2.25 bits per heavy atom. The molecule has 0 aromatic rings. The van der Waals surface area contributed by atoms with Crippen LogP contribution in [-0.2, 0) is 9.53 Å². The minimum Gasteiger partial charge on any atom is -0.444 e. The fourth-order valence-corrected chi connectivity index (χ4v) is 3.78. The van der Waals surface area contributed by atoms with Gasteiger partial charge < -0.3 is 9.84 Å². The lowest BCUT2D eigenvalue weighted by atomic mass is 9.84. The van der Waals surface area contributed by atoms with Gasteiger partial charge in [0.1, 0.15) is 11.4 Å². The third kappa shape index (κ3) is 4.71. The van der Waals surface area contributed by atoms with E-state index in [2.05, 4.69) is 0 Å². The van der Waals surface area contributed by atoms with Crippen LogP contribution in [0.1, 0.15) is 73.1 Å². The second-order valence-electron chi connectivity index (χ2n) is 8.66. The van der Waals surface area contributed by atoms with Crippen LogP contribution in [0.2, 0.25) is 0 Å². The molecule has 1 aliphatic carbocycles. The van der Waals surface area contributed by atoms with Gasteiger partial charge in [-0.1, -0.05) is 33.1 Å². The summed E-state index contributed by atoms with van der Waals surface area (Å²) in [6, 6.07) is -0.249. The summed E-state index contributed by atoms with van der Waals surface area (Å²) in [7, 11) is 0. The first-order valence-corrected chi connectivity index (χ1v) is 9.34. The van der Waals surface area contributed by atoms with Crippen molar-refractivity contribution >= 4 is 11.9 Å². The maximum atomic E-state index is 12.5. The molecule has 2 aliphatic rings. The van der Waals surface area contributed by atoms with Gasteiger partial charge in [-0.15, -0.1) is 0 Å². The van der Waals surface area contributed by atoms with E-state index in [1.54, 1.807) is 4.90 Å². The maximum absolute atomic E-state index is 12.5. The molecule has 2 fully saturated rings. The fraction of sp³-hybridized carbons (Fsp3) is 0.895. The van der Waals surface area contributed by atoms with Crippen LogP contribution in [0.15, 0.2) is 0 Å². The van der Waals surface area contributed by atoms with Crippen LogP contribution in [0.3, 0.4) is 0 Å². The van der Waals surface area contributed by atoms with Gasteiger partial charge in [0.05, 0.1) is 18.2 Å². The minimum atomic E-state index is -0.792. The quantitative estimate of drug-likeness (QED) is 0.778. The van der Waals surface area contributed by atoms with Crippen LogP contribution < -0.4 is 0 Å². The van der Waals surface area contributed by atoms with Crippen molar-refractivity contribution in [2.75, 3.05) is 0 Å². The Labute approximate surface area is 145 Å². The lowest BCUT2D eigenvalue weighted by molar-refractivity contribution is -0.123. The number of hydrogen-bond acceptors (Lipinski definition) is 4. The SMILES string of the molecule is CC(C)C(=O)C[C@@H](O)[C@@H]1[C@@H](C2CCCCC2)N1C(=O)OC(C)(C)C. The first kappa shape index (κ1) is 19.2. The van der Waals surface area contributed by atoms with E-state index in [1.807, 2.05) is 34.6 Å². The predicted molar refractivity (Wildman–Crippen MR) is 92.7 cm³/mol. The topological polar surface area (TPSA) is 66.6 Å². The molecule has 0 radical (unpaired) electrons. The molecule has 0 aromatic heterocycles. The van der Waals surface area contributed by atoms with Crippen molar-refractivity contribution in [3.05, 3.63) is 0 Å². The number of Topliss-reactive ketones (excluding diaryl/α,β-unsaturated/α-hetero) is 1.